The number of nitrogens with zero attached hydrogens (tertiary/aromatic N) is 3. The van der Waals surface area contributed by atoms with Crippen molar-refractivity contribution in [3.05, 3.63) is 76.0 Å². The van der Waals surface area contributed by atoms with Gasteiger partial charge >= 0.3 is 0 Å². The Kier molecular flexibility index (Phi) is 4.23. The Balaban J connectivity index is 1.60. The lowest BCUT2D eigenvalue weighted by Crippen LogP contribution is -2.16. The Hall–Kier alpha value is -2.90. The van der Waals surface area contributed by atoms with Crippen molar-refractivity contribution in [2.45, 2.75) is 6.54 Å². The molecule has 4 aromatic rings. The molecule has 0 saturated heterocycles. The fourth-order valence-corrected chi connectivity index (χ4v) is 4.69. The summed E-state index contributed by atoms with van der Waals surface area (Å²) in [6, 6.07) is 14.1. The number of rotatable bonds is 4. The van der Waals surface area contributed by atoms with E-state index in [1.54, 1.807) is 35.1 Å². The van der Waals surface area contributed by atoms with Gasteiger partial charge in [-0.15, -0.1) is 22.7 Å². The number of hydrogen-bond donors (Lipinski definition) is 0. The van der Waals surface area contributed by atoms with Gasteiger partial charge in [0.25, 0.3) is 0 Å². The number of aromatic nitrogens is 2. The second-order valence-electron chi connectivity index (χ2n) is 5.98. The lowest BCUT2D eigenvalue weighted by Gasteiger charge is -2.09. The average molecular weight is 393 g/mol. The summed E-state index contributed by atoms with van der Waals surface area (Å²) in [5, 5.41) is 4.25. The van der Waals surface area contributed by atoms with Gasteiger partial charge in [0, 0.05) is 11.6 Å². The first-order valence-electron chi connectivity index (χ1n) is 8.42. The Bertz CT molecular complexity index is 1130. The van der Waals surface area contributed by atoms with Crippen molar-refractivity contribution < 1.29 is 9.47 Å². The van der Waals surface area contributed by atoms with E-state index in [4.69, 9.17) is 14.5 Å². The lowest BCUT2D eigenvalue weighted by atomic mass is 10.2. The van der Waals surface area contributed by atoms with Crippen LogP contribution < -0.4 is 14.3 Å². The molecule has 0 saturated carbocycles. The van der Waals surface area contributed by atoms with Gasteiger partial charge in [0.05, 0.1) is 29.0 Å². The zero-order chi connectivity index (χ0) is 18.1. The van der Waals surface area contributed by atoms with Crippen LogP contribution in [0.1, 0.15) is 5.56 Å². The minimum absolute atomic E-state index is 0.284. The number of thiophene rings is 1. The molecule has 0 unspecified atom stereocenters. The monoisotopic (exact) mass is 393 g/mol. The second-order valence-corrected chi connectivity index (χ2v) is 7.76. The summed E-state index contributed by atoms with van der Waals surface area (Å²) in [4.78, 5) is 11.1. The van der Waals surface area contributed by atoms with Crippen LogP contribution in [0.2, 0.25) is 0 Å². The van der Waals surface area contributed by atoms with Gasteiger partial charge in [-0.05, 0) is 41.3 Å². The minimum atomic E-state index is 0.284. The maximum Gasteiger partial charge on any atom is 0.231 e. The Morgan fingerprint density at radius 3 is 2.89 bits per heavy atom. The van der Waals surface area contributed by atoms with Gasteiger partial charge in [0.1, 0.15) is 0 Å². The predicted octanol–water partition coefficient (Wildman–Crippen LogP) is 4.68. The maximum absolute atomic E-state index is 5.53. The lowest BCUT2D eigenvalue weighted by molar-refractivity contribution is 0.174. The van der Waals surface area contributed by atoms with Crippen molar-refractivity contribution in [1.82, 2.24) is 9.55 Å². The largest absolute Gasteiger partial charge is 0.454 e. The zero-order valence-corrected chi connectivity index (χ0v) is 15.9. The SMILES string of the molecule is c1cncc(N=c2scc(-c3cccs3)n2Cc2ccc3c(c2)OCO3)c1. The molecular formula is C20H15N3O2S2. The summed E-state index contributed by atoms with van der Waals surface area (Å²) in [7, 11) is 0. The van der Waals surface area contributed by atoms with Crippen molar-refractivity contribution in [2.24, 2.45) is 4.99 Å². The van der Waals surface area contributed by atoms with Gasteiger partial charge in [-0.1, -0.05) is 12.1 Å². The van der Waals surface area contributed by atoms with E-state index in [2.05, 4.69) is 38.5 Å². The van der Waals surface area contributed by atoms with Crippen molar-refractivity contribution in [1.29, 1.82) is 0 Å². The molecule has 1 aromatic carbocycles. The van der Waals surface area contributed by atoms with Gasteiger partial charge in [0.2, 0.25) is 6.79 Å². The number of benzene rings is 1. The third kappa shape index (κ3) is 3.27. The first-order chi connectivity index (χ1) is 13.4. The molecule has 7 heteroatoms. The van der Waals surface area contributed by atoms with Crippen molar-refractivity contribution in [3.8, 4) is 22.1 Å². The Morgan fingerprint density at radius 2 is 2.04 bits per heavy atom. The van der Waals surface area contributed by atoms with Crippen LogP contribution in [-0.2, 0) is 6.54 Å². The standard InChI is InChI=1S/C20H15N3O2S2/c1-3-15(10-21-7-1)22-20-23(16(12-27-20)19-4-2-8-26-19)11-14-5-6-17-18(9-14)25-13-24-17/h1-10,12H,11,13H2. The number of ether oxygens (including phenoxy) is 2. The van der Waals surface area contributed by atoms with Gasteiger partial charge in [-0.3, -0.25) is 4.98 Å². The van der Waals surface area contributed by atoms with Gasteiger partial charge in [-0.25, -0.2) is 4.99 Å². The van der Waals surface area contributed by atoms with Crippen LogP contribution >= 0.6 is 22.7 Å². The quantitative estimate of drug-likeness (QED) is 0.506. The highest BCUT2D eigenvalue weighted by atomic mass is 32.1. The number of fused-ring (bicyclic) bond motifs is 1. The van der Waals surface area contributed by atoms with Crippen LogP contribution in [0.5, 0.6) is 11.5 Å². The Morgan fingerprint density at radius 1 is 1.07 bits per heavy atom. The molecule has 0 fully saturated rings. The zero-order valence-electron chi connectivity index (χ0n) is 14.2. The molecule has 0 aliphatic carbocycles. The fraction of sp³-hybridized carbons (Fsp3) is 0.100. The predicted molar refractivity (Wildman–Crippen MR) is 107 cm³/mol. The first-order valence-corrected chi connectivity index (χ1v) is 10.2. The molecule has 5 nitrogen and oxygen atoms in total. The molecule has 3 aromatic heterocycles. The third-order valence-electron chi connectivity index (χ3n) is 4.22. The molecule has 0 N–H and O–H groups in total. The third-order valence-corrected chi connectivity index (χ3v) is 5.98. The van der Waals surface area contributed by atoms with E-state index in [0.717, 1.165) is 33.2 Å². The van der Waals surface area contributed by atoms with E-state index in [1.165, 1.54) is 4.88 Å². The number of pyridine rings is 1. The van der Waals surface area contributed by atoms with Crippen LogP contribution in [0, 0.1) is 0 Å². The molecule has 0 spiro atoms. The molecular weight excluding hydrogens is 378 g/mol. The molecule has 0 bridgehead atoms. The smallest absolute Gasteiger partial charge is 0.231 e. The van der Waals surface area contributed by atoms with Crippen LogP contribution in [0.3, 0.4) is 0 Å². The summed E-state index contributed by atoms with van der Waals surface area (Å²) in [5.74, 6) is 1.60. The fourth-order valence-electron chi connectivity index (χ4n) is 2.95. The summed E-state index contributed by atoms with van der Waals surface area (Å²) in [5.41, 5.74) is 3.15. The van der Waals surface area contributed by atoms with Crippen LogP contribution in [0.15, 0.2) is 70.6 Å². The molecule has 4 heterocycles. The molecule has 5 rings (SSSR count). The maximum atomic E-state index is 5.53. The van der Waals surface area contributed by atoms with E-state index in [9.17, 15) is 0 Å². The number of hydrogen-bond acceptors (Lipinski definition) is 6. The van der Waals surface area contributed by atoms with Crippen molar-refractivity contribution in [3.63, 3.8) is 0 Å². The van der Waals surface area contributed by atoms with E-state index in [-0.39, 0.29) is 6.79 Å². The van der Waals surface area contributed by atoms with Crippen LogP contribution in [0.4, 0.5) is 5.69 Å². The summed E-state index contributed by atoms with van der Waals surface area (Å²) in [6.07, 6.45) is 3.53. The molecule has 134 valence electrons. The highest BCUT2D eigenvalue weighted by molar-refractivity contribution is 7.14. The first kappa shape index (κ1) is 16.3. The van der Waals surface area contributed by atoms with E-state index in [1.807, 2.05) is 24.3 Å². The molecule has 1 aliphatic rings. The van der Waals surface area contributed by atoms with Gasteiger partial charge in [-0.2, -0.15) is 0 Å². The van der Waals surface area contributed by atoms with E-state index in [0.29, 0.717) is 6.54 Å². The summed E-state index contributed by atoms with van der Waals surface area (Å²) >= 11 is 3.36. The molecule has 0 amide bonds. The minimum Gasteiger partial charge on any atom is -0.454 e. The highest BCUT2D eigenvalue weighted by Crippen LogP contribution is 2.33. The second kappa shape index (κ2) is 7.02. The normalized spacial score (nSPS) is 13.3. The van der Waals surface area contributed by atoms with Crippen LogP contribution in [0.25, 0.3) is 10.6 Å². The summed E-state index contributed by atoms with van der Waals surface area (Å²) < 4.78 is 13.2. The van der Waals surface area contributed by atoms with Crippen molar-refractivity contribution >= 4 is 28.4 Å². The molecule has 1 aliphatic heterocycles. The van der Waals surface area contributed by atoms with Crippen molar-refractivity contribution in [2.75, 3.05) is 6.79 Å². The van der Waals surface area contributed by atoms with Crippen LogP contribution in [-0.4, -0.2) is 16.3 Å². The number of thiazole rings is 1. The molecule has 0 radical (unpaired) electrons. The average Bonchev–Trinajstić information content (AvgIpc) is 3.44. The molecule has 27 heavy (non-hydrogen) atoms. The van der Waals surface area contributed by atoms with E-state index < -0.39 is 0 Å². The summed E-state index contributed by atoms with van der Waals surface area (Å²) in [6.45, 7) is 0.985. The molecule has 0 atom stereocenters. The van der Waals surface area contributed by atoms with Gasteiger partial charge in [0.15, 0.2) is 16.3 Å². The highest BCUT2D eigenvalue weighted by Gasteiger charge is 2.15. The van der Waals surface area contributed by atoms with Gasteiger partial charge < -0.3 is 14.0 Å². The Labute approximate surface area is 163 Å². The van der Waals surface area contributed by atoms with E-state index >= 15 is 0 Å². The topological polar surface area (TPSA) is 48.6 Å².